The van der Waals surface area contributed by atoms with E-state index in [4.69, 9.17) is 4.74 Å². The number of fused-ring (bicyclic) bond motifs is 1. The average Bonchev–Trinajstić information content (AvgIpc) is 2.55. The Morgan fingerprint density at radius 3 is 2.61 bits per heavy atom. The van der Waals surface area contributed by atoms with Gasteiger partial charge in [-0.2, -0.15) is 0 Å². The summed E-state index contributed by atoms with van der Waals surface area (Å²) in [6.07, 6.45) is 1.36. The Balaban J connectivity index is 1.81. The number of para-hydroxylation sites is 1. The van der Waals surface area contributed by atoms with Crippen molar-refractivity contribution in [2.75, 3.05) is 11.9 Å². The summed E-state index contributed by atoms with van der Waals surface area (Å²) in [4.78, 5) is 8.20. The highest BCUT2D eigenvalue weighted by molar-refractivity contribution is 5.90. The fraction of sp³-hybridized carbons (Fsp3) is 0.222. The number of hydrogen-bond donors (Lipinski definition) is 1. The van der Waals surface area contributed by atoms with Crippen molar-refractivity contribution in [2.24, 2.45) is 5.92 Å². The zero-order valence-corrected chi connectivity index (χ0v) is 13.1. The molecule has 3 aromatic rings. The van der Waals surface area contributed by atoms with Gasteiger partial charge in [0.2, 0.25) is 0 Å². The molecule has 2 aromatic carbocycles. The molecule has 0 radical (unpaired) electrons. The maximum Gasteiger partial charge on any atom is 0.149 e. The number of nitrogens with zero attached hydrogens (tertiary/aromatic N) is 2. The topological polar surface area (TPSA) is 47.0 Å². The van der Waals surface area contributed by atoms with Crippen molar-refractivity contribution >= 4 is 22.4 Å². The molecule has 0 aliphatic carbocycles. The highest BCUT2D eigenvalue weighted by Crippen LogP contribution is 2.25. The summed E-state index contributed by atoms with van der Waals surface area (Å²) in [7, 11) is 0. The number of anilines is 2. The van der Waals surface area contributed by atoms with Crippen LogP contribution in [0.1, 0.15) is 13.8 Å². The van der Waals surface area contributed by atoms with Gasteiger partial charge in [-0.25, -0.2) is 14.4 Å². The lowest BCUT2D eigenvalue weighted by Crippen LogP contribution is -2.04. The van der Waals surface area contributed by atoms with Gasteiger partial charge in [-0.3, -0.25) is 0 Å². The van der Waals surface area contributed by atoms with Gasteiger partial charge < -0.3 is 10.1 Å². The molecule has 1 heterocycles. The number of rotatable bonds is 5. The quantitative estimate of drug-likeness (QED) is 0.751. The van der Waals surface area contributed by atoms with Gasteiger partial charge in [-0.15, -0.1) is 0 Å². The Labute approximate surface area is 134 Å². The first-order valence-corrected chi connectivity index (χ1v) is 7.52. The number of halogens is 1. The highest BCUT2D eigenvalue weighted by atomic mass is 19.1. The lowest BCUT2D eigenvalue weighted by Gasteiger charge is -2.11. The smallest absolute Gasteiger partial charge is 0.149 e. The van der Waals surface area contributed by atoms with Crippen LogP contribution in [0.25, 0.3) is 10.9 Å². The van der Waals surface area contributed by atoms with Crippen molar-refractivity contribution in [2.45, 2.75) is 13.8 Å². The van der Waals surface area contributed by atoms with Gasteiger partial charge in [-0.05, 0) is 42.3 Å². The van der Waals surface area contributed by atoms with Gasteiger partial charge in [-0.1, -0.05) is 19.9 Å². The minimum Gasteiger partial charge on any atom is -0.493 e. The molecule has 4 nitrogen and oxygen atoms in total. The van der Waals surface area contributed by atoms with E-state index in [9.17, 15) is 4.39 Å². The van der Waals surface area contributed by atoms with Crippen LogP contribution in [0.3, 0.4) is 0 Å². The van der Waals surface area contributed by atoms with Crippen LogP contribution in [-0.2, 0) is 0 Å². The van der Waals surface area contributed by atoms with Crippen molar-refractivity contribution < 1.29 is 9.13 Å². The molecule has 0 unspecified atom stereocenters. The molecule has 0 aliphatic rings. The second-order valence-electron chi connectivity index (χ2n) is 5.71. The van der Waals surface area contributed by atoms with E-state index >= 15 is 0 Å². The van der Waals surface area contributed by atoms with Crippen LogP contribution in [0, 0.1) is 11.7 Å². The third kappa shape index (κ3) is 3.56. The first-order chi connectivity index (χ1) is 11.1. The van der Waals surface area contributed by atoms with Crippen LogP contribution in [0.4, 0.5) is 15.9 Å². The van der Waals surface area contributed by atoms with Gasteiger partial charge in [0.1, 0.15) is 29.2 Å². The Morgan fingerprint density at radius 2 is 1.87 bits per heavy atom. The number of nitrogens with one attached hydrogen (secondary N) is 1. The van der Waals surface area contributed by atoms with Crippen molar-refractivity contribution in [3.63, 3.8) is 0 Å². The Morgan fingerprint density at radius 1 is 1.09 bits per heavy atom. The Hall–Kier alpha value is -2.69. The van der Waals surface area contributed by atoms with E-state index in [-0.39, 0.29) is 5.82 Å². The fourth-order valence-electron chi connectivity index (χ4n) is 2.19. The van der Waals surface area contributed by atoms with Gasteiger partial charge in [0.25, 0.3) is 0 Å². The summed E-state index contributed by atoms with van der Waals surface area (Å²) < 4.78 is 19.4. The van der Waals surface area contributed by atoms with Gasteiger partial charge in [0, 0.05) is 11.1 Å². The standard InChI is InChI=1S/C18H18FN3O/c1-12(2)10-23-14-8-6-13(7-9-14)22-18-15-4-3-5-16(19)17(15)20-11-21-18/h3-9,11-12H,10H2,1-2H3,(H,20,21,22). The summed E-state index contributed by atoms with van der Waals surface area (Å²) >= 11 is 0. The maximum atomic E-state index is 13.8. The molecule has 0 saturated heterocycles. The molecule has 0 aliphatic heterocycles. The van der Waals surface area contributed by atoms with Crippen LogP contribution in [0.5, 0.6) is 5.75 Å². The van der Waals surface area contributed by atoms with Gasteiger partial charge in [0.15, 0.2) is 0 Å². The molecule has 0 bridgehead atoms. The fourth-order valence-corrected chi connectivity index (χ4v) is 2.19. The third-order valence-electron chi connectivity index (χ3n) is 3.32. The van der Waals surface area contributed by atoms with Crippen molar-refractivity contribution in [3.05, 3.63) is 54.6 Å². The number of ether oxygens (including phenoxy) is 1. The second-order valence-corrected chi connectivity index (χ2v) is 5.71. The van der Waals surface area contributed by atoms with Crippen molar-refractivity contribution in [1.29, 1.82) is 0 Å². The predicted octanol–water partition coefficient (Wildman–Crippen LogP) is 4.55. The number of benzene rings is 2. The molecular weight excluding hydrogens is 293 g/mol. The van der Waals surface area contributed by atoms with Crippen LogP contribution >= 0.6 is 0 Å². The lowest BCUT2D eigenvalue weighted by molar-refractivity contribution is 0.271. The largest absolute Gasteiger partial charge is 0.493 e. The molecule has 23 heavy (non-hydrogen) atoms. The molecule has 5 heteroatoms. The molecule has 0 amide bonds. The van der Waals surface area contributed by atoms with Crippen LogP contribution in [0.2, 0.25) is 0 Å². The van der Waals surface area contributed by atoms with E-state index in [1.54, 1.807) is 12.1 Å². The highest BCUT2D eigenvalue weighted by Gasteiger charge is 2.07. The molecule has 3 rings (SSSR count). The molecule has 0 fully saturated rings. The van der Waals surface area contributed by atoms with E-state index in [1.807, 2.05) is 24.3 Å². The molecular formula is C18H18FN3O. The number of hydrogen-bond acceptors (Lipinski definition) is 4. The average molecular weight is 311 g/mol. The Kier molecular flexibility index (Phi) is 4.37. The predicted molar refractivity (Wildman–Crippen MR) is 89.6 cm³/mol. The minimum atomic E-state index is -0.356. The molecule has 1 N–H and O–H groups in total. The summed E-state index contributed by atoms with van der Waals surface area (Å²) in [6.45, 7) is 4.90. The van der Waals surface area contributed by atoms with E-state index in [2.05, 4.69) is 29.1 Å². The first kappa shape index (κ1) is 15.2. The zero-order valence-electron chi connectivity index (χ0n) is 13.1. The lowest BCUT2D eigenvalue weighted by atomic mass is 10.2. The molecule has 1 aromatic heterocycles. The van der Waals surface area contributed by atoms with Gasteiger partial charge >= 0.3 is 0 Å². The normalized spacial score (nSPS) is 11.0. The van der Waals surface area contributed by atoms with Crippen molar-refractivity contribution in [3.8, 4) is 5.75 Å². The summed E-state index contributed by atoms with van der Waals surface area (Å²) in [5, 5.41) is 3.84. The third-order valence-corrected chi connectivity index (χ3v) is 3.32. The summed E-state index contributed by atoms with van der Waals surface area (Å²) in [5.41, 5.74) is 1.16. The van der Waals surface area contributed by atoms with Gasteiger partial charge in [0.05, 0.1) is 6.61 Å². The summed E-state index contributed by atoms with van der Waals surface area (Å²) in [6, 6.07) is 12.4. The van der Waals surface area contributed by atoms with E-state index in [1.165, 1.54) is 12.4 Å². The minimum absolute atomic E-state index is 0.307. The van der Waals surface area contributed by atoms with E-state index in [0.717, 1.165) is 11.4 Å². The molecule has 0 saturated carbocycles. The monoisotopic (exact) mass is 311 g/mol. The zero-order chi connectivity index (χ0) is 16.2. The second kappa shape index (κ2) is 6.60. The van der Waals surface area contributed by atoms with E-state index < -0.39 is 0 Å². The maximum absolute atomic E-state index is 13.8. The SMILES string of the molecule is CC(C)COc1ccc(Nc2ncnc3c(F)cccc23)cc1. The molecule has 0 spiro atoms. The van der Waals surface area contributed by atoms with Crippen LogP contribution in [0.15, 0.2) is 48.8 Å². The van der Waals surface area contributed by atoms with E-state index in [0.29, 0.717) is 29.2 Å². The van der Waals surface area contributed by atoms with Crippen LogP contribution in [-0.4, -0.2) is 16.6 Å². The molecule has 118 valence electrons. The molecule has 0 atom stereocenters. The number of aromatic nitrogens is 2. The Bertz CT molecular complexity index is 803. The van der Waals surface area contributed by atoms with Crippen LogP contribution < -0.4 is 10.1 Å². The van der Waals surface area contributed by atoms with Crippen molar-refractivity contribution in [1.82, 2.24) is 9.97 Å². The summed E-state index contributed by atoms with van der Waals surface area (Å²) in [5.74, 6) is 1.52. The first-order valence-electron chi connectivity index (χ1n) is 7.52.